The van der Waals surface area contributed by atoms with Crippen LogP contribution in [-0.4, -0.2) is 20.1 Å². The van der Waals surface area contributed by atoms with E-state index in [1.165, 1.54) is 0 Å². The molecule has 21 heavy (non-hydrogen) atoms. The summed E-state index contributed by atoms with van der Waals surface area (Å²) in [5.41, 5.74) is 3.15. The molecule has 1 unspecified atom stereocenters. The Morgan fingerprint density at radius 3 is 2.62 bits per heavy atom. The molecule has 1 heterocycles. The fraction of sp³-hybridized carbons (Fsp3) is 0.125. The van der Waals surface area contributed by atoms with Gasteiger partial charge >= 0.3 is 0 Å². The van der Waals surface area contributed by atoms with Crippen molar-refractivity contribution in [2.24, 2.45) is 0 Å². The number of nitrogens with zero attached hydrogens (tertiary/aromatic N) is 3. The highest BCUT2D eigenvalue weighted by atomic mass is 35.5. The van der Waals surface area contributed by atoms with Gasteiger partial charge in [-0.25, -0.2) is 4.68 Å². The summed E-state index contributed by atoms with van der Waals surface area (Å²) in [6, 6.07) is 15.1. The normalized spacial score (nSPS) is 12.3. The van der Waals surface area contributed by atoms with Gasteiger partial charge in [-0.15, -0.1) is 5.10 Å². The quantitative estimate of drug-likeness (QED) is 0.807. The van der Waals surface area contributed by atoms with Gasteiger partial charge in [-0.1, -0.05) is 47.1 Å². The second-order valence-electron chi connectivity index (χ2n) is 4.82. The van der Waals surface area contributed by atoms with Crippen LogP contribution in [0, 0.1) is 6.92 Å². The lowest BCUT2D eigenvalue weighted by Crippen LogP contribution is -2.08. The number of para-hydroxylation sites is 1. The Hall–Kier alpha value is -2.17. The standard InChI is InChI=1S/C16H14ClN3O/c1-11-9-12(7-8-14(11)17)16(21)15-10-18-19-20(15)13-5-3-2-4-6-13/h2-10,16,21H,1H3. The maximum Gasteiger partial charge on any atom is 0.123 e. The number of hydrogen-bond acceptors (Lipinski definition) is 3. The maximum atomic E-state index is 10.6. The van der Waals surface area contributed by atoms with E-state index in [0.29, 0.717) is 10.7 Å². The van der Waals surface area contributed by atoms with Crippen LogP contribution in [0.1, 0.15) is 22.9 Å². The van der Waals surface area contributed by atoms with E-state index >= 15 is 0 Å². The monoisotopic (exact) mass is 299 g/mol. The molecule has 0 fully saturated rings. The fourth-order valence-electron chi connectivity index (χ4n) is 2.21. The Bertz CT molecular complexity index is 755. The van der Waals surface area contributed by atoms with Gasteiger partial charge < -0.3 is 5.11 Å². The largest absolute Gasteiger partial charge is 0.382 e. The highest BCUT2D eigenvalue weighted by Crippen LogP contribution is 2.26. The molecule has 4 nitrogen and oxygen atoms in total. The van der Waals surface area contributed by atoms with E-state index in [4.69, 9.17) is 11.6 Å². The molecule has 2 aromatic carbocycles. The zero-order valence-corrected chi connectivity index (χ0v) is 12.2. The first-order valence-electron chi connectivity index (χ1n) is 6.57. The Balaban J connectivity index is 2.01. The number of rotatable bonds is 3. The number of aryl methyl sites for hydroxylation is 1. The third-order valence-corrected chi connectivity index (χ3v) is 3.78. The molecule has 0 radical (unpaired) electrons. The molecule has 0 amide bonds. The molecule has 0 saturated heterocycles. The third-order valence-electron chi connectivity index (χ3n) is 3.35. The summed E-state index contributed by atoms with van der Waals surface area (Å²) < 4.78 is 1.63. The lowest BCUT2D eigenvalue weighted by Gasteiger charge is -2.13. The highest BCUT2D eigenvalue weighted by molar-refractivity contribution is 6.31. The zero-order chi connectivity index (χ0) is 14.8. The van der Waals surface area contributed by atoms with Crippen molar-refractivity contribution in [1.29, 1.82) is 0 Å². The van der Waals surface area contributed by atoms with E-state index < -0.39 is 6.10 Å². The second kappa shape index (κ2) is 5.68. The second-order valence-corrected chi connectivity index (χ2v) is 5.22. The number of halogens is 1. The van der Waals surface area contributed by atoms with Gasteiger partial charge in [-0.3, -0.25) is 0 Å². The van der Waals surface area contributed by atoms with Crippen molar-refractivity contribution in [1.82, 2.24) is 15.0 Å². The number of hydrogen-bond donors (Lipinski definition) is 1. The first kappa shape index (κ1) is 13.8. The topological polar surface area (TPSA) is 50.9 Å². The highest BCUT2D eigenvalue weighted by Gasteiger charge is 2.17. The lowest BCUT2D eigenvalue weighted by molar-refractivity contribution is 0.212. The van der Waals surface area contributed by atoms with Gasteiger partial charge in [0.1, 0.15) is 6.10 Å². The van der Waals surface area contributed by atoms with Crippen molar-refractivity contribution in [2.75, 3.05) is 0 Å². The average Bonchev–Trinajstić information content (AvgIpc) is 2.99. The van der Waals surface area contributed by atoms with Gasteiger partial charge in [0.15, 0.2) is 0 Å². The van der Waals surface area contributed by atoms with E-state index in [2.05, 4.69) is 10.3 Å². The predicted molar refractivity (Wildman–Crippen MR) is 81.6 cm³/mol. The van der Waals surface area contributed by atoms with Gasteiger partial charge in [0, 0.05) is 5.02 Å². The summed E-state index contributed by atoms with van der Waals surface area (Å²) in [4.78, 5) is 0. The first-order chi connectivity index (χ1) is 10.2. The smallest absolute Gasteiger partial charge is 0.123 e. The van der Waals surface area contributed by atoms with Crippen molar-refractivity contribution in [3.05, 3.63) is 76.6 Å². The average molecular weight is 300 g/mol. The Labute approximate surface area is 127 Å². The molecule has 1 N–H and O–H groups in total. The van der Waals surface area contributed by atoms with Gasteiger partial charge in [0.25, 0.3) is 0 Å². The van der Waals surface area contributed by atoms with Gasteiger partial charge in [0.2, 0.25) is 0 Å². The van der Waals surface area contributed by atoms with Crippen LogP contribution in [0.25, 0.3) is 5.69 Å². The fourth-order valence-corrected chi connectivity index (χ4v) is 2.33. The lowest BCUT2D eigenvalue weighted by atomic mass is 10.0. The molecule has 0 aliphatic rings. The molecule has 3 rings (SSSR count). The van der Waals surface area contributed by atoms with Crippen molar-refractivity contribution in [2.45, 2.75) is 13.0 Å². The first-order valence-corrected chi connectivity index (χ1v) is 6.95. The summed E-state index contributed by atoms with van der Waals surface area (Å²) in [6.45, 7) is 1.91. The Morgan fingerprint density at radius 2 is 1.90 bits per heavy atom. The van der Waals surface area contributed by atoms with Gasteiger partial charge in [-0.05, 0) is 36.2 Å². The minimum Gasteiger partial charge on any atom is -0.382 e. The molecule has 0 aliphatic heterocycles. The predicted octanol–water partition coefficient (Wildman–Crippen LogP) is 3.31. The van der Waals surface area contributed by atoms with Crippen LogP contribution in [0.15, 0.2) is 54.7 Å². The van der Waals surface area contributed by atoms with Crippen LogP contribution in [0.3, 0.4) is 0 Å². The molecule has 5 heteroatoms. The molecule has 0 saturated carbocycles. The molecule has 0 bridgehead atoms. The molecule has 1 atom stereocenters. The van der Waals surface area contributed by atoms with Gasteiger partial charge in [-0.2, -0.15) is 0 Å². The van der Waals surface area contributed by atoms with E-state index in [1.54, 1.807) is 16.9 Å². The minimum atomic E-state index is -0.809. The van der Waals surface area contributed by atoms with E-state index in [0.717, 1.165) is 16.8 Å². The van der Waals surface area contributed by atoms with Crippen molar-refractivity contribution >= 4 is 11.6 Å². The van der Waals surface area contributed by atoms with Crippen molar-refractivity contribution in [3.8, 4) is 5.69 Å². The van der Waals surface area contributed by atoms with Crippen molar-refractivity contribution < 1.29 is 5.11 Å². The Morgan fingerprint density at radius 1 is 1.14 bits per heavy atom. The maximum absolute atomic E-state index is 10.6. The van der Waals surface area contributed by atoms with E-state index in [1.807, 2.05) is 49.4 Å². The zero-order valence-electron chi connectivity index (χ0n) is 11.4. The summed E-state index contributed by atoms with van der Waals surface area (Å²) in [6.07, 6.45) is 0.762. The summed E-state index contributed by atoms with van der Waals surface area (Å²) in [7, 11) is 0. The number of aliphatic hydroxyl groups excluding tert-OH is 1. The SMILES string of the molecule is Cc1cc(C(O)c2cnnn2-c2ccccc2)ccc1Cl. The van der Waals surface area contributed by atoms with Crippen LogP contribution < -0.4 is 0 Å². The number of aromatic nitrogens is 3. The third kappa shape index (κ3) is 2.68. The Kier molecular flexibility index (Phi) is 3.73. The summed E-state index contributed by atoms with van der Waals surface area (Å²) in [5, 5.41) is 19.2. The van der Waals surface area contributed by atoms with Crippen LogP contribution in [0.2, 0.25) is 5.02 Å². The van der Waals surface area contributed by atoms with Crippen LogP contribution in [0.4, 0.5) is 0 Å². The van der Waals surface area contributed by atoms with E-state index in [9.17, 15) is 5.11 Å². The minimum absolute atomic E-state index is 0.614. The van der Waals surface area contributed by atoms with E-state index in [-0.39, 0.29) is 0 Å². The van der Waals surface area contributed by atoms with Crippen LogP contribution >= 0.6 is 11.6 Å². The van der Waals surface area contributed by atoms with Crippen molar-refractivity contribution in [3.63, 3.8) is 0 Å². The summed E-state index contributed by atoms with van der Waals surface area (Å²) >= 11 is 6.03. The number of benzene rings is 2. The number of aliphatic hydroxyl groups is 1. The summed E-state index contributed by atoms with van der Waals surface area (Å²) in [5.74, 6) is 0. The van der Waals surface area contributed by atoms with Crippen LogP contribution in [-0.2, 0) is 0 Å². The van der Waals surface area contributed by atoms with Gasteiger partial charge in [0.05, 0.1) is 17.6 Å². The molecular formula is C16H14ClN3O. The molecule has 106 valence electrons. The molecule has 3 aromatic rings. The molecular weight excluding hydrogens is 286 g/mol. The molecule has 1 aromatic heterocycles. The molecule has 0 spiro atoms. The van der Waals surface area contributed by atoms with Crippen LogP contribution in [0.5, 0.6) is 0 Å². The molecule has 0 aliphatic carbocycles.